The van der Waals surface area contributed by atoms with Gasteiger partial charge in [0.2, 0.25) is 5.91 Å². The molecule has 5 rings (SSSR count). The first-order chi connectivity index (χ1) is 18.8. The van der Waals surface area contributed by atoms with Crippen LogP contribution in [-0.4, -0.2) is 67.1 Å². The molecule has 2 aromatic rings. The molecule has 3 fully saturated rings. The highest BCUT2D eigenvalue weighted by Crippen LogP contribution is 2.37. The van der Waals surface area contributed by atoms with Crippen LogP contribution in [0, 0.1) is 0 Å². The molecule has 8 nitrogen and oxygen atoms in total. The van der Waals surface area contributed by atoms with E-state index in [2.05, 4.69) is 15.5 Å². The molecule has 3 amide bonds. The minimum absolute atomic E-state index is 0.0786. The van der Waals surface area contributed by atoms with Gasteiger partial charge in [0.1, 0.15) is 12.6 Å². The SMILES string of the molecule is O=C(NC[C@H](C(=O)Nc1ccc(N2CCOCC2=O)c(C(F)F)c1)N(C1CCC1)C1CCC1)c1ccc(Cl)s1. The van der Waals surface area contributed by atoms with Crippen molar-refractivity contribution in [3.63, 3.8) is 0 Å². The Morgan fingerprint density at radius 2 is 1.85 bits per heavy atom. The first kappa shape index (κ1) is 27.9. The molecule has 2 saturated carbocycles. The molecule has 2 heterocycles. The van der Waals surface area contributed by atoms with E-state index in [1.54, 1.807) is 12.1 Å². The van der Waals surface area contributed by atoms with E-state index in [-0.39, 0.29) is 73.0 Å². The van der Waals surface area contributed by atoms with Crippen LogP contribution in [0.4, 0.5) is 20.2 Å². The van der Waals surface area contributed by atoms with Gasteiger partial charge in [0.05, 0.1) is 21.5 Å². The second-order valence-corrected chi connectivity index (χ2v) is 11.8. The molecule has 2 N–H and O–H groups in total. The molecule has 39 heavy (non-hydrogen) atoms. The van der Waals surface area contributed by atoms with Gasteiger partial charge in [0, 0.05) is 36.4 Å². The van der Waals surface area contributed by atoms with Crippen LogP contribution < -0.4 is 15.5 Å². The Hall–Kier alpha value is -2.60. The predicted molar refractivity (Wildman–Crippen MR) is 146 cm³/mol. The highest BCUT2D eigenvalue weighted by Gasteiger charge is 2.41. The number of hydrogen-bond acceptors (Lipinski definition) is 6. The van der Waals surface area contributed by atoms with Crippen LogP contribution in [0.2, 0.25) is 4.34 Å². The maximum absolute atomic E-state index is 14.1. The van der Waals surface area contributed by atoms with Gasteiger partial charge in [-0.25, -0.2) is 8.78 Å². The molecule has 1 aliphatic heterocycles. The third-order valence-electron chi connectivity index (χ3n) is 7.71. The summed E-state index contributed by atoms with van der Waals surface area (Å²) < 4.78 is 33.7. The monoisotopic (exact) mass is 580 g/mol. The van der Waals surface area contributed by atoms with Crippen molar-refractivity contribution >= 4 is 52.0 Å². The zero-order valence-electron chi connectivity index (χ0n) is 21.3. The lowest BCUT2D eigenvalue weighted by Crippen LogP contribution is -2.61. The summed E-state index contributed by atoms with van der Waals surface area (Å²) in [6, 6.07) is 7.29. The zero-order chi connectivity index (χ0) is 27.5. The molecule has 1 atom stereocenters. The van der Waals surface area contributed by atoms with E-state index in [1.165, 1.54) is 23.1 Å². The molecule has 1 aromatic carbocycles. The second kappa shape index (κ2) is 12.3. The van der Waals surface area contributed by atoms with E-state index in [4.69, 9.17) is 16.3 Å². The van der Waals surface area contributed by atoms with Crippen LogP contribution in [0.5, 0.6) is 0 Å². The van der Waals surface area contributed by atoms with Crippen LogP contribution in [-0.2, 0) is 14.3 Å². The number of rotatable bonds is 10. The zero-order valence-corrected chi connectivity index (χ0v) is 22.9. The summed E-state index contributed by atoms with van der Waals surface area (Å²) in [6.07, 6.45) is 3.24. The van der Waals surface area contributed by atoms with Gasteiger partial charge in [-0.15, -0.1) is 11.3 Å². The molecule has 2 aliphatic carbocycles. The fraction of sp³-hybridized carbons (Fsp3) is 0.519. The van der Waals surface area contributed by atoms with Gasteiger partial charge in [0.25, 0.3) is 18.2 Å². The molecule has 12 heteroatoms. The van der Waals surface area contributed by atoms with Crippen molar-refractivity contribution in [1.82, 2.24) is 10.2 Å². The fourth-order valence-corrected chi connectivity index (χ4v) is 6.23. The first-order valence-corrected chi connectivity index (χ1v) is 14.4. The first-order valence-electron chi connectivity index (χ1n) is 13.2. The maximum Gasteiger partial charge on any atom is 0.265 e. The summed E-state index contributed by atoms with van der Waals surface area (Å²) in [5.74, 6) is -1.07. The smallest absolute Gasteiger partial charge is 0.265 e. The van der Waals surface area contributed by atoms with Crippen molar-refractivity contribution in [2.45, 2.75) is 63.1 Å². The molecule has 0 unspecified atom stereocenters. The van der Waals surface area contributed by atoms with Crippen LogP contribution in [0.3, 0.4) is 0 Å². The number of amides is 3. The Morgan fingerprint density at radius 1 is 1.13 bits per heavy atom. The Balaban J connectivity index is 1.37. The Bertz CT molecular complexity index is 1210. The molecule has 1 aromatic heterocycles. The number of alkyl halides is 2. The maximum atomic E-state index is 14.1. The van der Waals surface area contributed by atoms with E-state index < -0.39 is 12.5 Å². The van der Waals surface area contributed by atoms with Crippen molar-refractivity contribution < 1.29 is 27.9 Å². The molecular formula is C27H31ClF2N4O4S. The summed E-state index contributed by atoms with van der Waals surface area (Å²) >= 11 is 7.14. The number of thiophene rings is 1. The number of nitrogens with one attached hydrogen (secondary N) is 2. The van der Waals surface area contributed by atoms with Crippen LogP contribution >= 0.6 is 22.9 Å². The number of carbonyl (C=O) groups is 3. The van der Waals surface area contributed by atoms with E-state index in [0.29, 0.717) is 9.21 Å². The summed E-state index contributed by atoms with van der Waals surface area (Å²) in [4.78, 5) is 42.7. The number of morpholine rings is 1. The third-order valence-corrected chi connectivity index (χ3v) is 8.94. The van der Waals surface area contributed by atoms with Crippen molar-refractivity contribution in [3.05, 3.63) is 45.1 Å². The average Bonchev–Trinajstić information content (AvgIpc) is 3.28. The third kappa shape index (κ3) is 6.26. The highest BCUT2D eigenvalue weighted by molar-refractivity contribution is 7.18. The van der Waals surface area contributed by atoms with Crippen LogP contribution in [0.1, 0.15) is 60.2 Å². The number of benzene rings is 1. The minimum atomic E-state index is -2.85. The van der Waals surface area contributed by atoms with Gasteiger partial charge in [-0.2, -0.15) is 0 Å². The van der Waals surface area contributed by atoms with Crippen molar-refractivity contribution in [2.75, 3.05) is 36.5 Å². The van der Waals surface area contributed by atoms with Crippen molar-refractivity contribution in [3.8, 4) is 0 Å². The van der Waals surface area contributed by atoms with Gasteiger partial charge in [0.15, 0.2) is 0 Å². The van der Waals surface area contributed by atoms with E-state index in [0.717, 1.165) is 49.9 Å². The predicted octanol–water partition coefficient (Wildman–Crippen LogP) is 4.85. The van der Waals surface area contributed by atoms with Gasteiger partial charge in [-0.05, 0) is 56.0 Å². The van der Waals surface area contributed by atoms with E-state index in [1.807, 2.05) is 0 Å². The average molecular weight is 581 g/mol. The van der Waals surface area contributed by atoms with Crippen molar-refractivity contribution in [1.29, 1.82) is 0 Å². The standard InChI is InChI=1S/C27H31ClF2N4O4S/c28-23-10-9-22(39-23)27(37)31-14-21(34(17-3-1-4-17)18-5-2-6-18)26(36)32-16-7-8-20(19(13-16)25(29)30)33-11-12-38-15-24(33)35/h7-10,13,17-18,21,25H,1-6,11-12,14-15H2,(H,31,37)(H,32,36)/t21-/m1/s1. The molecule has 0 spiro atoms. The molecular weight excluding hydrogens is 550 g/mol. The molecule has 0 radical (unpaired) electrons. The topological polar surface area (TPSA) is 91.0 Å². The normalized spacial score (nSPS) is 19.1. The van der Waals surface area contributed by atoms with Gasteiger partial charge in [-0.1, -0.05) is 24.4 Å². The van der Waals surface area contributed by atoms with E-state index in [9.17, 15) is 23.2 Å². The number of carbonyl (C=O) groups excluding carboxylic acids is 3. The van der Waals surface area contributed by atoms with Gasteiger partial charge >= 0.3 is 0 Å². The second-order valence-electron chi connectivity index (χ2n) is 10.1. The lowest BCUT2D eigenvalue weighted by Gasteiger charge is -2.49. The summed E-state index contributed by atoms with van der Waals surface area (Å²) in [5, 5.41) is 5.71. The minimum Gasteiger partial charge on any atom is -0.370 e. The number of ether oxygens (including phenoxy) is 1. The van der Waals surface area contributed by atoms with E-state index >= 15 is 0 Å². The number of hydrogen-bond donors (Lipinski definition) is 2. The number of anilines is 2. The Kier molecular flexibility index (Phi) is 8.80. The van der Waals surface area contributed by atoms with Gasteiger partial charge < -0.3 is 20.3 Å². The lowest BCUT2D eigenvalue weighted by atomic mass is 9.83. The van der Waals surface area contributed by atoms with Crippen LogP contribution in [0.25, 0.3) is 0 Å². The quantitative estimate of drug-likeness (QED) is 0.419. The fourth-order valence-electron chi connectivity index (χ4n) is 5.27. The molecule has 210 valence electrons. The van der Waals surface area contributed by atoms with Gasteiger partial charge in [-0.3, -0.25) is 19.3 Å². The molecule has 1 saturated heterocycles. The molecule has 3 aliphatic rings. The Morgan fingerprint density at radius 3 is 2.41 bits per heavy atom. The lowest BCUT2D eigenvalue weighted by molar-refractivity contribution is -0.126. The van der Waals surface area contributed by atoms with Crippen molar-refractivity contribution in [2.24, 2.45) is 0 Å². The summed E-state index contributed by atoms with van der Waals surface area (Å²) in [6.45, 7) is 0.356. The summed E-state index contributed by atoms with van der Waals surface area (Å²) in [7, 11) is 0. The Labute approximate surface area is 234 Å². The summed E-state index contributed by atoms with van der Waals surface area (Å²) in [5.41, 5.74) is -0.0131. The highest BCUT2D eigenvalue weighted by atomic mass is 35.5. The van der Waals surface area contributed by atoms with Crippen LogP contribution in [0.15, 0.2) is 30.3 Å². The number of nitrogens with zero attached hydrogens (tertiary/aromatic N) is 2. The molecule has 0 bridgehead atoms. The number of halogens is 3. The largest absolute Gasteiger partial charge is 0.370 e.